The number of hydrogen-bond acceptors (Lipinski definition) is 4. The Labute approximate surface area is 140 Å². The minimum absolute atomic E-state index is 0.00557. The molecular formula is C17H21N3O4. The van der Waals surface area contributed by atoms with Gasteiger partial charge in [-0.25, -0.2) is 4.79 Å². The van der Waals surface area contributed by atoms with Crippen molar-refractivity contribution in [2.24, 2.45) is 0 Å². The van der Waals surface area contributed by atoms with Crippen LogP contribution >= 0.6 is 0 Å². The lowest BCUT2D eigenvalue weighted by Crippen LogP contribution is -2.37. The number of rotatable bonds is 6. The molecular weight excluding hydrogens is 310 g/mol. The van der Waals surface area contributed by atoms with Crippen LogP contribution in [-0.4, -0.2) is 53.9 Å². The van der Waals surface area contributed by atoms with Gasteiger partial charge in [-0.05, 0) is 17.5 Å². The van der Waals surface area contributed by atoms with Gasteiger partial charge in [0.25, 0.3) is 0 Å². The number of benzene rings is 1. The second-order valence-corrected chi connectivity index (χ2v) is 6.00. The number of carbonyl (C=O) groups is 3. The fourth-order valence-corrected chi connectivity index (χ4v) is 2.95. The van der Waals surface area contributed by atoms with Crippen LogP contribution in [0.2, 0.25) is 0 Å². The van der Waals surface area contributed by atoms with Crippen LogP contribution in [0.15, 0.2) is 24.3 Å². The monoisotopic (exact) mass is 331 g/mol. The Morgan fingerprint density at radius 3 is 2.58 bits per heavy atom. The molecule has 2 aliphatic rings. The van der Waals surface area contributed by atoms with Crippen molar-refractivity contribution in [3.63, 3.8) is 0 Å². The summed E-state index contributed by atoms with van der Waals surface area (Å²) < 4.78 is 4.80. The first kappa shape index (κ1) is 16.3. The highest BCUT2D eigenvalue weighted by Crippen LogP contribution is 2.17. The van der Waals surface area contributed by atoms with Gasteiger partial charge in [-0.1, -0.05) is 24.3 Å². The highest BCUT2D eigenvalue weighted by Gasteiger charge is 2.24. The number of carbonyl (C=O) groups excluding carboxylic acids is 3. The summed E-state index contributed by atoms with van der Waals surface area (Å²) in [4.78, 5) is 38.4. The maximum Gasteiger partial charge on any atom is 0.410 e. The summed E-state index contributed by atoms with van der Waals surface area (Å²) in [5.74, 6) is -0.0395. The normalized spacial score (nSPS) is 17.3. The number of hydrogen-bond donors (Lipinski definition) is 1. The van der Waals surface area contributed by atoms with Crippen molar-refractivity contribution in [3.8, 4) is 0 Å². The van der Waals surface area contributed by atoms with Gasteiger partial charge in [-0.15, -0.1) is 0 Å². The van der Waals surface area contributed by atoms with E-state index in [1.807, 2.05) is 29.2 Å². The largest absolute Gasteiger partial charge is 0.448 e. The molecule has 0 unspecified atom stereocenters. The SMILES string of the molecule is O=C(CN1CCOC1=O)NCc1ccccc1CN1CCCC1=O. The van der Waals surface area contributed by atoms with Crippen LogP contribution in [0.4, 0.5) is 4.79 Å². The predicted molar refractivity (Wildman–Crippen MR) is 85.9 cm³/mol. The van der Waals surface area contributed by atoms with Gasteiger partial charge in [0.2, 0.25) is 11.8 Å². The Balaban J connectivity index is 1.55. The molecule has 1 aromatic rings. The summed E-state index contributed by atoms with van der Waals surface area (Å²) in [6, 6.07) is 7.77. The average Bonchev–Trinajstić information content (AvgIpc) is 3.16. The van der Waals surface area contributed by atoms with E-state index in [-0.39, 0.29) is 18.4 Å². The van der Waals surface area contributed by atoms with Gasteiger partial charge < -0.3 is 15.0 Å². The van der Waals surface area contributed by atoms with E-state index in [4.69, 9.17) is 4.74 Å². The van der Waals surface area contributed by atoms with Crippen molar-refractivity contribution >= 4 is 17.9 Å². The minimum atomic E-state index is -0.446. The summed E-state index contributed by atoms with van der Waals surface area (Å²) in [5, 5.41) is 2.83. The number of ether oxygens (including phenoxy) is 1. The summed E-state index contributed by atoms with van der Waals surface area (Å²) in [6.07, 6.45) is 1.08. The number of likely N-dealkylation sites (tertiary alicyclic amines) is 1. The maximum atomic E-state index is 12.0. The minimum Gasteiger partial charge on any atom is -0.448 e. The standard InChI is InChI=1S/C17H21N3O4/c21-15(12-20-8-9-24-17(20)23)18-10-13-4-1-2-5-14(13)11-19-7-3-6-16(19)22/h1-2,4-5H,3,6-12H2,(H,18,21). The first-order valence-electron chi connectivity index (χ1n) is 8.16. The highest BCUT2D eigenvalue weighted by atomic mass is 16.6. The molecule has 0 radical (unpaired) electrons. The zero-order valence-corrected chi connectivity index (χ0v) is 13.5. The van der Waals surface area contributed by atoms with Gasteiger partial charge in [-0.2, -0.15) is 0 Å². The summed E-state index contributed by atoms with van der Waals surface area (Å²) in [5.41, 5.74) is 2.02. The Kier molecular flexibility index (Phi) is 4.98. The maximum absolute atomic E-state index is 12.0. The van der Waals surface area contributed by atoms with E-state index < -0.39 is 6.09 Å². The van der Waals surface area contributed by atoms with Crippen LogP contribution < -0.4 is 5.32 Å². The fourth-order valence-electron chi connectivity index (χ4n) is 2.95. The lowest BCUT2D eigenvalue weighted by Gasteiger charge is -2.18. The van der Waals surface area contributed by atoms with Crippen molar-refractivity contribution in [2.75, 3.05) is 26.2 Å². The third-order valence-electron chi connectivity index (χ3n) is 4.31. The van der Waals surface area contributed by atoms with Crippen molar-refractivity contribution in [1.82, 2.24) is 15.1 Å². The third-order valence-corrected chi connectivity index (χ3v) is 4.31. The van der Waals surface area contributed by atoms with Gasteiger partial charge in [-0.3, -0.25) is 14.5 Å². The van der Waals surface area contributed by atoms with Crippen LogP contribution in [0.1, 0.15) is 24.0 Å². The van der Waals surface area contributed by atoms with Crippen molar-refractivity contribution in [2.45, 2.75) is 25.9 Å². The molecule has 128 valence electrons. The quantitative estimate of drug-likeness (QED) is 0.839. The summed E-state index contributed by atoms with van der Waals surface area (Å²) in [7, 11) is 0. The molecule has 0 bridgehead atoms. The molecule has 1 aromatic carbocycles. The van der Waals surface area contributed by atoms with Gasteiger partial charge in [0.15, 0.2) is 0 Å². The Morgan fingerprint density at radius 1 is 1.12 bits per heavy atom. The van der Waals surface area contributed by atoms with Crippen LogP contribution in [0.3, 0.4) is 0 Å². The zero-order valence-electron chi connectivity index (χ0n) is 13.5. The topological polar surface area (TPSA) is 79.0 Å². The average molecular weight is 331 g/mol. The van der Waals surface area contributed by atoms with E-state index in [0.29, 0.717) is 32.7 Å². The molecule has 0 aliphatic carbocycles. The molecule has 1 N–H and O–H groups in total. The summed E-state index contributed by atoms with van der Waals surface area (Å²) >= 11 is 0. The molecule has 7 heteroatoms. The lowest BCUT2D eigenvalue weighted by molar-refractivity contribution is -0.128. The van der Waals surface area contributed by atoms with Crippen LogP contribution in [0.25, 0.3) is 0 Å². The van der Waals surface area contributed by atoms with Crippen molar-refractivity contribution in [1.29, 1.82) is 0 Å². The first-order chi connectivity index (χ1) is 11.6. The molecule has 0 saturated carbocycles. The second-order valence-electron chi connectivity index (χ2n) is 6.00. The number of nitrogens with one attached hydrogen (secondary N) is 1. The molecule has 2 saturated heterocycles. The van der Waals surface area contributed by atoms with Crippen molar-refractivity contribution in [3.05, 3.63) is 35.4 Å². The first-order valence-corrected chi connectivity index (χ1v) is 8.16. The Bertz CT molecular complexity index is 646. The van der Waals surface area contributed by atoms with Gasteiger partial charge in [0.1, 0.15) is 13.2 Å². The van der Waals surface area contributed by atoms with Crippen LogP contribution in [0, 0.1) is 0 Å². The number of amides is 3. The van der Waals surface area contributed by atoms with Crippen LogP contribution in [-0.2, 0) is 27.4 Å². The Morgan fingerprint density at radius 2 is 1.92 bits per heavy atom. The highest BCUT2D eigenvalue weighted by molar-refractivity contribution is 5.82. The molecule has 3 amide bonds. The molecule has 2 heterocycles. The molecule has 2 aliphatic heterocycles. The number of cyclic esters (lactones) is 1. The van der Waals surface area contributed by atoms with Gasteiger partial charge in [0, 0.05) is 26.1 Å². The molecule has 2 fully saturated rings. The van der Waals surface area contributed by atoms with E-state index in [0.717, 1.165) is 24.1 Å². The molecule has 0 spiro atoms. The smallest absolute Gasteiger partial charge is 0.410 e. The van der Waals surface area contributed by atoms with Crippen LogP contribution in [0.5, 0.6) is 0 Å². The third kappa shape index (κ3) is 3.84. The predicted octanol–water partition coefficient (Wildman–Crippen LogP) is 0.877. The van der Waals surface area contributed by atoms with E-state index in [1.165, 1.54) is 4.90 Å². The second kappa shape index (κ2) is 7.33. The summed E-state index contributed by atoms with van der Waals surface area (Å²) in [6.45, 7) is 2.52. The van der Waals surface area contributed by atoms with E-state index in [9.17, 15) is 14.4 Å². The van der Waals surface area contributed by atoms with Gasteiger partial charge >= 0.3 is 6.09 Å². The molecule has 0 atom stereocenters. The molecule has 7 nitrogen and oxygen atoms in total. The van der Waals surface area contributed by atoms with E-state index in [1.54, 1.807) is 0 Å². The lowest BCUT2D eigenvalue weighted by atomic mass is 10.1. The van der Waals surface area contributed by atoms with E-state index >= 15 is 0 Å². The molecule has 3 rings (SSSR count). The van der Waals surface area contributed by atoms with E-state index in [2.05, 4.69) is 5.32 Å². The molecule has 24 heavy (non-hydrogen) atoms. The zero-order chi connectivity index (χ0) is 16.9. The Hall–Kier alpha value is -2.57. The fraction of sp³-hybridized carbons (Fsp3) is 0.471. The molecule has 0 aromatic heterocycles. The van der Waals surface area contributed by atoms with Crippen molar-refractivity contribution < 1.29 is 19.1 Å². The van der Waals surface area contributed by atoms with Gasteiger partial charge in [0.05, 0.1) is 6.54 Å². The number of nitrogens with zero attached hydrogens (tertiary/aromatic N) is 2.